The SMILES string of the molecule is Cc1cc(C)c(C(=O)N2CCC[C@@H](COc3ccc(F)cc3)C2)c(=O)[nH]1. The highest BCUT2D eigenvalue weighted by Gasteiger charge is 2.27. The van der Waals surface area contributed by atoms with E-state index in [-0.39, 0.29) is 28.8 Å². The normalized spacial score (nSPS) is 17.2. The van der Waals surface area contributed by atoms with E-state index >= 15 is 0 Å². The van der Waals surface area contributed by atoms with E-state index in [1.807, 2.05) is 6.07 Å². The Morgan fingerprint density at radius 3 is 2.73 bits per heavy atom. The Balaban J connectivity index is 1.65. The maximum atomic E-state index is 12.9. The molecule has 1 aromatic heterocycles. The van der Waals surface area contributed by atoms with Crippen molar-refractivity contribution in [3.63, 3.8) is 0 Å². The second-order valence-corrected chi connectivity index (χ2v) is 6.86. The van der Waals surface area contributed by atoms with Crippen LogP contribution in [0.3, 0.4) is 0 Å². The highest BCUT2D eigenvalue weighted by Crippen LogP contribution is 2.21. The van der Waals surface area contributed by atoms with Crippen LogP contribution in [0.1, 0.15) is 34.5 Å². The van der Waals surface area contributed by atoms with Gasteiger partial charge in [0.15, 0.2) is 0 Å². The number of carbonyl (C=O) groups is 1. The van der Waals surface area contributed by atoms with E-state index in [9.17, 15) is 14.0 Å². The summed E-state index contributed by atoms with van der Waals surface area (Å²) in [5.41, 5.74) is 1.32. The van der Waals surface area contributed by atoms with Crippen LogP contribution in [0.4, 0.5) is 4.39 Å². The summed E-state index contributed by atoms with van der Waals surface area (Å²) in [5, 5.41) is 0. The minimum absolute atomic E-state index is 0.183. The van der Waals surface area contributed by atoms with E-state index < -0.39 is 0 Å². The second-order valence-electron chi connectivity index (χ2n) is 6.86. The average molecular weight is 358 g/mol. The molecule has 1 amide bonds. The van der Waals surface area contributed by atoms with Crippen molar-refractivity contribution < 1.29 is 13.9 Å². The van der Waals surface area contributed by atoms with Gasteiger partial charge in [-0.15, -0.1) is 0 Å². The van der Waals surface area contributed by atoms with Gasteiger partial charge in [0.2, 0.25) is 0 Å². The van der Waals surface area contributed by atoms with Crippen molar-refractivity contribution in [1.29, 1.82) is 0 Å². The Kier molecular flexibility index (Phi) is 5.40. The van der Waals surface area contributed by atoms with Crippen LogP contribution in [0.5, 0.6) is 5.75 Å². The molecule has 0 unspecified atom stereocenters. The van der Waals surface area contributed by atoms with Crippen molar-refractivity contribution >= 4 is 5.91 Å². The van der Waals surface area contributed by atoms with Crippen molar-refractivity contribution in [2.24, 2.45) is 5.92 Å². The lowest BCUT2D eigenvalue weighted by Crippen LogP contribution is -2.43. The number of aromatic amines is 1. The van der Waals surface area contributed by atoms with Crippen LogP contribution >= 0.6 is 0 Å². The van der Waals surface area contributed by atoms with Crippen molar-refractivity contribution in [2.45, 2.75) is 26.7 Å². The van der Waals surface area contributed by atoms with Gasteiger partial charge in [0, 0.05) is 24.7 Å². The van der Waals surface area contributed by atoms with Gasteiger partial charge in [-0.05, 0) is 62.6 Å². The first-order valence-electron chi connectivity index (χ1n) is 8.82. The zero-order valence-electron chi connectivity index (χ0n) is 15.0. The molecule has 0 saturated carbocycles. The third-order valence-corrected chi connectivity index (χ3v) is 4.68. The lowest BCUT2D eigenvalue weighted by atomic mass is 9.97. The number of benzene rings is 1. The molecule has 1 fully saturated rings. The molecule has 5 nitrogen and oxygen atoms in total. The second kappa shape index (κ2) is 7.72. The fourth-order valence-electron chi connectivity index (χ4n) is 3.41. The summed E-state index contributed by atoms with van der Waals surface area (Å²) in [7, 11) is 0. The van der Waals surface area contributed by atoms with Gasteiger partial charge < -0.3 is 14.6 Å². The van der Waals surface area contributed by atoms with Crippen molar-refractivity contribution in [3.8, 4) is 5.75 Å². The first-order chi connectivity index (χ1) is 12.4. The summed E-state index contributed by atoms with van der Waals surface area (Å²) in [6, 6.07) is 7.72. The predicted octanol–water partition coefficient (Wildman–Crippen LogP) is 3.06. The number of H-pyrrole nitrogens is 1. The van der Waals surface area contributed by atoms with Gasteiger partial charge in [0.1, 0.15) is 17.1 Å². The van der Waals surface area contributed by atoms with E-state index in [4.69, 9.17) is 4.74 Å². The molecule has 0 spiro atoms. The number of likely N-dealkylation sites (tertiary alicyclic amines) is 1. The van der Waals surface area contributed by atoms with Crippen LogP contribution in [0, 0.1) is 25.6 Å². The highest BCUT2D eigenvalue weighted by atomic mass is 19.1. The molecule has 138 valence electrons. The summed E-state index contributed by atoms with van der Waals surface area (Å²) in [6.45, 7) is 5.23. The molecule has 1 aliphatic rings. The summed E-state index contributed by atoms with van der Waals surface area (Å²) >= 11 is 0. The Morgan fingerprint density at radius 1 is 1.31 bits per heavy atom. The molecular weight excluding hydrogens is 335 g/mol. The lowest BCUT2D eigenvalue weighted by molar-refractivity contribution is 0.0631. The molecule has 1 saturated heterocycles. The molecule has 6 heteroatoms. The van der Waals surface area contributed by atoms with E-state index in [2.05, 4.69) is 4.98 Å². The molecule has 2 aromatic rings. The topological polar surface area (TPSA) is 62.4 Å². The zero-order chi connectivity index (χ0) is 18.7. The van der Waals surface area contributed by atoms with Gasteiger partial charge in [-0.1, -0.05) is 0 Å². The molecule has 1 atom stereocenters. The van der Waals surface area contributed by atoms with E-state index in [0.29, 0.717) is 31.0 Å². The average Bonchev–Trinajstić information content (AvgIpc) is 2.60. The van der Waals surface area contributed by atoms with E-state index in [1.54, 1.807) is 30.9 Å². The molecule has 0 radical (unpaired) electrons. The number of carbonyl (C=O) groups excluding carboxylic acids is 1. The maximum Gasteiger partial charge on any atom is 0.261 e. The molecule has 1 aromatic carbocycles. The van der Waals surface area contributed by atoms with Gasteiger partial charge in [-0.25, -0.2) is 4.39 Å². The van der Waals surface area contributed by atoms with Crippen LogP contribution < -0.4 is 10.3 Å². The monoisotopic (exact) mass is 358 g/mol. The van der Waals surface area contributed by atoms with Gasteiger partial charge in [-0.3, -0.25) is 9.59 Å². The molecule has 1 aliphatic heterocycles. The van der Waals surface area contributed by atoms with Crippen molar-refractivity contribution in [3.05, 3.63) is 63.3 Å². The van der Waals surface area contributed by atoms with Gasteiger partial charge in [0.05, 0.1) is 6.61 Å². The summed E-state index contributed by atoms with van der Waals surface area (Å²) in [5.74, 6) is 0.268. The molecule has 3 rings (SSSR count). The van der Waals surface area contributed by atoms with Gasteiger partial charge >= 0.3 is 0 Å². The number of aryl methyl sites for hydroxylation is 2. The highest BCUT2D eigenvalue weighted by molar-refractivity contribution is 5.95. The Morgan fingerprint density at radius 2 is 2.04 bits per heavy atom. The van der Waals surface area contributed by atoms with Crippen LogP contribution in [0.2, 0.25) is 0 Å². The van der Waals surface area contributed by atoms with E-state index in [1.165, 1.54) is 12.1 Å². The summed E-state index contributed by atoms with van der Waals surface area (Å²) in [4.78, 5) is 29.5. The third-order valence-electron chi connectivity index (χ3n) is 4.68. The fraction of sp³-hybridized carbons (Fsp3) is 0.400. The van der Waals surface area contributed by atoms with Crippen LogP contribution in [-0.2, 0) is 0 Å². The molecule has 0 bridgehead atoms. The van der Waals surface area contributed by atoms with Crippen LogP contribution in [-0.4, -0.2) is 35.5 Å². The first kappa shape index (κ1) is 18.2. The number of pyridine rings is 1. The summed E-state index contributed by atoms with van der Waals surface area (Å²) < 4.78 is 18.7. The molecular formula is C20H23FN2O3. The number of halogens is 1. The largest absolute Gasteiger partial charge is 0.493 e. The third kappa shape index (κ3) is 4.12. The van der Waals surface area contributed by atoms with Crippen LogP contribution in [0.25, 0.3) is 0 Å². The number of nitrogens with zero attached hydrogens (tertiary/aromatic N) is 1. The quantitative estimate of drug-likeness (QED) is 0.914. The number of rotatable bonds is 4. The Bertz CT molecular complexity index is 845. The predicted molar refractivity (Wildman–Crippen MR) is 97.1 cm³/mol. The van der Waals surface area contributed by atoms with Crippen LogP contribution in [0.15, 0.2) is 35.1 Å². The van der Waals surface area contributed by atoms with Crippen molar-refractivity contribution in [2.75, 3.05) is 19.7 Å². The smallest absolute Gasteiger partial charge is 0.261 e. The van der Waals surface area contributed by atoms with Gasteiger partial charge in [0.25, 0.3) is 11.5 Å². The number of aromatic nitrogens is 1. The van der Waals surface area contributed by atoms with Crippen molar-refractivity contribution in [1.82, 2.24) is 9.88 Å². The van der Waals surface area contributed by atoms with E-state index in [0.717, 1.165) is 18.5 Å². The standard InChI is InChI=1S/C20H23FN2O3/c1-13-10-14(2)22-19(24)18(13)20(25)23-9-3-4-15(11-23)12-26-17-7-5-16(21)6-8-17/h5-8,10,15H,3-4,9,11-12H2,1-2H3,(H,22,24)/t15-/m1/s1. The number of nitrogens with one attached hydrogen (secondary N) is 1. The minimum atomic E-state index is -0.336. The lowest BCUT2D eigenvalue weighted by Gasteiger charge is -2.32. The molecule has 2 heterocycles. The molecule has 0 aliphatic carbocycles. The summed E-state index contributed by atoms with van der Waals surface area (Å²) in [6.07, 6.45) is 1.82. The first-order valence-corrected chi connectivity index (χ1v) is 8.82. The molecule has 26 heavy (non-hydrogen) atoms. The molecule has 1 N–H and O–H groups in total. The minimum Gasteiger partial charge on any atom is -0.493 e. The fourth-order valence-corrected chi connectivity index (χ4v) is 3.41. The number of hydrogen-bond acceptors (Lipinski definition) is 3. The zero-order valence-corrected chi connectivity index (χ0v) is 15.0. The number of amides is 1. The Hall–Kier alpha value is -2.63. The number of piperidine rings is 1. The number of ether oxygens (including phenoxy) is 1. The maximum absolute atomic E-state index is 12.9. The van der Waals surface area contributed by atoms with Gasteiger partial charge in [-0.2, -0.15) is 0 Å². The number of hydrogen-bond donors (Lipinski definition) is 1. The Labute approximate surface area is 151 Å².